The number of nitrogens with one attached hydrogen (secondary N) is 2. The van der Waals surface area contributed by atoms with Crippen LogP contribution in [0.2, 0.25) is 0 Å². The molecule has 0 aliphatic heterocycles. The van der Waals surface area contributed by atoms with E-state index in [4.69, 9.17) is 14.9 Å². The highest BCUT2D eigenvalue weighted by molar-refractivity contribution is 6.30. The summed E-state index contributed by atoms with van der Waals surface area (Å²) in [6.45, 7) is 4.82. The lowest BCUT2D eigenvalue weighted by molar-refractivity contribution is -0.152. The van der Waals surface area contributed by atoms with E-state index in [2.05, 4.69) is 10.3 Å². The summed E-state index contributed by atoms with van der Waals surface area (Å²) in [4.78, 5) is 40.0. The number of esters is 1. The van der Waals surface area contributed by atoms with Crippen LogP contribution in [0.15, 0.2) is 53.5 Å². The van der Waals surface area contributed by atoms with Crippen LogP contribution >= 0.6 is 0 Å². The molecule has 35 heavy (non-hydrogen) atoms. The molecule has 0 spiro atoms. The first kappa shape index (κ1) is 25.6. The van der Waals surface area contributed by atoms with E-state index in [0.29, 0.717) is 0 Å². The lowest BCUT2D eigenvalue weighted by atomic mass is 9.98. The molecule has 0 unspecified atom stereocenters. The molecule has 3 rings (SSSR count). The van der Waals surface area contributed by atoms with Crippen molar-refractivity contribution in [2.75, 3.05) is 13.2 Å². The van der Waals surface area contributed by atoms with Crippen LogP contribution in [-0.4, -0.2) is 59.9 Å². The number of hydrogen-bond acceptors (Lipinski definition) is 7. The first-order valence-corrected chi connectivity index (χ1v) is 11.2. The summed E-state index contributed by atoms with van der Waals surface area (Å²) in [5.74, 6) is -2.08. The number of ether oxygens (including phenoxy) is 2. The zero-order chi connectivity index (χ0) is 25.6. The topological polar surface area (TPSA) is 138 Å². The molecule has 3 N–H and O–H groups in total. The van der Waals surface area contributed by atoms with Gasteiger partial charge in [-0.25, -0.2) is 9.59 Å². The molecule has 0 radical (unpaired) electrons. The van der Waals surface area contributed by atoms with E-state index in [1.807, 2.05) is 48.5 Å². The van der Waals surface area contributed by atoms with Crippen LogP contribution in [0.4, 0.5) is 4.79 Å². The number of carbonyl (C=O) groups is 3. The van der Waals surface area contributed by atoms with Gasteiger partial charge in [0.25, 0.3) is 0 Å². The second-order valence-electron chi connectivity index (χ2n) is 9.10. The predicted octanol–water partition coefficient (Wildman–Crippen LogP) is 3.80. The van der Waals surface area contributed by atoms with Crippen molar-refractivity contribution in [3.63, 3.8) is 0 Å². The van der Waals surface area contributed by atoms with Crippen LogP contribution in [0.3, 0.4) is 0 Å². The molecule has 2 aromatic rings. The third kappa shape index (κ3) is 6.75. The summed E-state index contributed by atoms with van der Waals surface area (Å²) in [6, 6.07) is 14.4. The lowest BCUT2D eigenvalue weighted by Crippen LogP contribution is -2.43. The minimum Gasteiger partial charge on any atom is -0.480 e. The smallest absolute Gasteiger partial charge is 0.407 e. The molecule has 0 saturated carbocycles. The molecule has 0 aromatic heterocycles. The summed E-state index contributed by atoms with van der Waals surface area (Å²) >= 11 is 0. The van der Waals surface area contributed by atoms with Crippen LogP contribution in [0.5, 0.6) is 0 Å². The number of rotatable bonds is 9. The third-order valence-corrected chi connectivity index (χ3v) is 5.34. The van der Waals surface area contributed by atoms with Gasteiger partial charge in [-0.3, -0.25) is 9.79 Å². The quantitative estimate of drug-likeness (QED) is 0.369. The average Bonchev–Trinajstić information content (AvgIpc) is 3.12. The van der Waals surface area contributed by atoms with Crippen molar-refractivity contribution in [3.8, 4) is 11.1 Å². The largest absolute Gasteiger partial charge is 0.480 e. The van der Waals surface area contributed by atoms with Crippen molar-refractivity contribution in [3.05, 3.63) is 59.7 Å². The third-order valence-electron chi connectivity index (χ3n) is 5.34. The Labute approximate surface area is 203 Å². The van der Waals surface area contributed by atoms with Crippen molar-refractivity contribution in [1.29, 1.82) is 5.41 Å². The molecular formula is C26H29N3O6. The highest BCUT2D eigenvalue weighted by Crippen LogP contribution is 2.44. The number of aliphatic imine (C=N–C) groups is 1. The Morgan fingerprint density at radius 3 is 2.17 bits per heavy atom. The molecule has 9 heteroatoms. The van der Waals surface area contributed by atoms with Crippen molar-refractivity contribution in [1.82, 2.24) is 5.32 Å². The van der Waals surface area contributed by atoms with Gasteiger partial charge in [-0.15, -0.1) is 0 Å². The number of hydrogen-bond donors (Lipinski definition) is 3. The Balaban J connectivity index is 1.61. The maximum atomic E-state index is 12.5. The second kappa shape index (κ2) is 10.9. The zero-order valence-corrected chi connectivity index (χ0v) is 19.9. The van der Waals surface area contributed by atoms with Gasteiger partial charge in [-0.2, -0.15) is 0 Å². The fourth-order valence-corrected chi connectivity index (χ4v) is 3.90. The van der Waals surface area contributed by atoms with Crippen molar-refractivity contribution in [2.24, 2.45) is 4.99 Å². The lowest BCUT2D eigenvalue weighted by Gasteiger charge is -2.19. The number of carboxylic acid groups (broad SMARTS) is 1. The van der Waals surface area contributed by atoms with Crippen molar-refractivity contribution < 1.29 is 29.0 Å². The number of amides is 1. The number of carbonyl (C=O) groups excluding carboxylic acids is 2. The van der Waals surface area contributed by atoms with E-state index in [-0.39, 0.29) is 31.2 Å². The van der Waals surface area contributed by atoms with E-state index in [1.165, 1.54) is 0 Å². The number of aliphatic carboxylic acids is 1. The SMILES string of the molecule is CC(C)(C)OC(=O)CN=C(C=N)C[C@H](NC(=O)OCC1c2ccccc2-c2ccccc21)C(=O)O. The van der Waals surface area contributed by atoms with Gasteiger partial charge in [0, 0.05) is 18.6 Å². The minimum absolute atomic E-state index is 0.0298. The standard InChI is InChI=1S/C26H29N3O6/c1-26(2,3)35-23(30)14-28-16(13-27)12-22(24(31)32)29-25(33)34-15-21-19-10-6-4-8-17(19)18-9-5-7-11-20(18)21/h4-11,13,21-22,27H,12,14-15H2,1-3H3,(H,29,33)(H,31,32)/t22-/m0/s1. The minimum atomic E-state index is -1.38. The van der Waals surface area contributed by atoms with E-state index in [1.54, 1.807) is 20.8 Å². The first-order chi connectivity index (χ1) is 16.6. The van der Waals surface area contributed by atoms with Crippen LogP contribution in [0.25, 0.3) is 11.1 Å². The average molecular weight is 480 g/mol. The highest BCUT2D eigenvalue weighted by Gasteiger charge is 2.30. The van der Waals surface area contributed by atoms with Crippen LogP contribution in [0, 0.1) is 5.41 Å². The monoisotopic (exact) mass is 479 g/mol. The summed E-state index contributed by atoms with van der Waals surface area (Å²) in [5, 5.41) is 19.4. The van der Waals surface area contributed by atoms with Gasteiger partial charge in [-0.05, 0) is 43.0 Å². The van der Waals surface area contributed by atoms with Gasteiger partial charge in [-0.1, -0.05) is 48.5 Å². The highest BCUT2D eigenvalue weighted by atomic mass is 16.6. The molecule has 0 fully saturated rings. The molecule has 0 heterocycles. The molecule has 1 aliphatic rings. The van der Waals surface area contributed by atoms with Gasteiger partial charge >= 0.3 is 18.0 Å². The van der Waals surface area contributed by atoms with E-state index in [9.17, 15) is 19.5 Å². The molecule has 1 aliphatic carbocycles. The number of alkyl carbamates (subject to hydrolysis) is 1. The Bertz CT molecular complexity index is 1110. The molecule has 0 bridgehead atoms. The molecule has 0 saturated heterocycles. The van der Waals surface area contributed by atoms with Crippen molar-refractivity contribution >= 4 is 30.0 Å². The van der Waals surface area contributed by atoms with Crippen LogP contribution in [-0.2, 0) is 19.1 Å². The van der Waals surface area contributed by atoms with Crippen LogP contribution < -0.4 is 5.32 Å². The maximum absolute atomic E-state index is 12.5. The van der Waals surface area contributed by atoms with E-state index in [0.717, 1.165) is 28.5 Å². The van der Waals surface area contributed by atoms with Gasteiger partial charge in [0.1, 0.15) is 24.8 Å². The summed E-state index contributed by atoms with van der Waals surface area (Å²) < 4.78 is 10.6. The molecular weight excluding hydrogens is 450 g/mol. The summed E-state index contributed by atoms with van der Waals surface area (Å²) in [6.07, 6.45) is -0.332. The molecule has 1 atom stereocenters. The van der Waals surface area contributed by atoms with Crippen molar-refractivity contribution in [2.45, 2.75) is 44.8 Å². The summed E-state index contributed by atoms with van der Waals surface area (Å²) in [7, 11) is 0. The molecule has 2 aromatic carbocycles. The molecule has 1 amide bonds. The number of nitrogens with zero attached hydrogens (tertiary/aromatic N) is 1. The van der Waals surface area contributed by atoms with Gasteiger partial charge in [0.2, 0.25) is 0 Å². The van der Waals surface area contributed by atoms with E-state index < -0.39 is 29.7 Å². The Hall–Kier alpha value is -4.01. The molecule has 184 valence electrons. The predicted molar refractivity (Wildman–Crippen MR) is 131 cm³/mol. The number of carboxylic acids is 1. The Kier molecular flexibility index (Phi) is 8.01. The van der Waals surface area contributed by atoms with Gasteiger partial charge < -0.3 is 25.3 Å². The van der Waals surface area contributed by atoms with Crippen LogP contribution in [0.1, 0.15) is 44.2 Å². The molecule has 9 nitrogen and oxygen atoms in total. The number of benzene rings is 2. The fraction of sp³-hybridized carbons (Fsp3) is 0.346. The van der Waals surface area contributed by atoms with Gasteiger partial charge in [0.05, 0.1) is 5.71 Å². The normalized spacial score (nSPS) is 13.9. The zero-order valence-electron chi connectivity index (χ0n) is 19.9. The number of fused-ring (bicyclic) bond motifs is 3. The Morgan fingerprint density at radius 1 is 1.09 bits per heavy atom. The van der Waals surface area contributed by atoms with Gasteiger partial charge in [0.15, 0.2) is 0 Å². The Morgan fingerprint density at radius 2 is 1.66 bits per heavy atom. The first-order valence-electron chi connectivity index (χ1n) is 11.2. The fourth-order valence-electron chi connectivity index (χ4n) is 3.90. The summed E-state index contributed by atoms with van der Waals surface area (Å²) in [5.41, 5.74) is 3.58. The van der Waals surface area contributed by atoms with E-state index >= 15 is 0 Å². The second-order valence-corrected chi connectivity index (χ2v) is 9.10. The maximum Gasteiger partial charge on any atom is 0.407 e.